The molecule has 0 aromatic heterocycles. The quantitative estimate of drug-likeness (QED) is 0.726. The van der Waals surface area contributed by atoms with E-state index in [-0.39, 0.29) is 11.1 Å². The van der Waals surface area contributed by atoms with Crippen molar-refractivity contribution in [1.29, 1.82) is 0 Å². The zero-order valence-electron chi connectivity index (χ0n) is 12.6. The first kappa shape index (κ1) is 8.58. The average molecular weight is 261 g/mol. The molecule has 0 aliphatic carbocycles. The number of nitrogens with one attached hydrogen (secondary N) is 1. The maximum atomic E-state index is 12.4. The molecule has 6 heteroatoms. The summed E-state index contributed by atoms with van der Waals surface area (Å²) in [6, 6.07) is 2.92. The van der Waals surface area contributed by atoms with E-state index in [2.05, 4.69) is 0 Å². The molecule has 1 saturated heterocycles. The van der Waals surface area contributed by atoms with E-state index in [0.717, 1.165) is 0 Å². The highest BCUT2D eigenvalue weighted by molar-refractivity contribution is 6.23. The molecule has 1 aromatic carbocycles. The van der Waals surface area contributed by atoms with E-state index in [1.165, 1.54) is 24.3 Å². The first-order valence-corrected chi connectivity index (χ1v) is 5.52. The summed E-state index contributed by atoms with van der Waals surface area (Å²) in [6.45, 7) is 0. The molecule has 1 N–H and O–H groups in total. The van der Waals surface area contributed by atoms with Gasteiger partial charge in [-0.1, -0.05) is 12.1 Å². The molecule has 0 unspecified atom stereocenters. The van der Waals surface area contributed by atoms with Gasteiger partial charge in [-0.25, -0.2) is 0 Å². The van der Waals surface area contributed by atoms with E-state index in [9.17, 15) is 19.2 Å². The smallest absolute Gasteiger partial charge is 0.262 e. The molecule has 2 aliphatic rings. The molecule has 19 heavy (non-hydrogen) atoms. The average Bonchev–Trinajstić information content (AvgIpc) is 2.68. The Morgan fingerprint density at radius 1 is 1.16 bits per heavy atom. The van der Waals surface area contributed by atoms with Gasteiger partial charge in [0.2, 0.25) is 11.8 Å². The predicted octanol–water partition coefficient (Wildman–Crippen LogP) is 0.0878. The van der Waals surface area contributed by atoms with Crippen molar-refractivity contribution >= 4 is 23.6 Å². The Morgan fingerprint density at radius 2 is 1.74 bits per heavy atom. The van der Waals surface area contributed by atoms with Gasteiger partial charge in [-0.2, -0.15) is 0 Å². The number of nitrogens with zero attached hydrogens (tertiary/aromatic N) is 1. The van der Waals surface area contributed by atoms with Crippen molar-refractivity contribution in [2.75, 3.05) is 0 Å². The molecule has 2 heterocycles. The summed E-state index contributed by atoms with van der Waals surface area (Å²) in [5, 5.41) is 1.82. The maximum Gasteiger partial charge on any atom is 0.262 e. The largest absolute Gasteiger partial charge is 0.295 e. The van der Waals surface area contributed by atoms with Crippen LogP contribution >= 0.6 is 0 Å². The van der Waals surface area contributed by atoms with Crippen LogP contribution in [0.15, 0.2) is 24.3 Å². The molecule has 2 aliphatic heterocycles. The van der Waals surface area contributed by atoms with Crippen LogP contribution in [-0.4, -0.2) is 34.5 Å². The normalized spacial score (nSPS) is 31.4. The number of rotatable bonds is 1. The Hall–Kier alpha value is -2.50. The van der Waals surface area contributed by atoms with Gasteiger partial charge in [0.15, 0.2) is 0 Å². The standard InChI is InChI=1S/C13H10N2O4/c16-10-6-5-9(11(17)14-10)15-12(18)7-3-1-2-4-8(7)13(15)19/h1-4,9H,5-6H2,(H,14,16,17)/t9-/m1/s1/i5D2,9D. The second-order valence-electron chi connectivity index (χ2n) is 4.07. The van der Waals surface area contributed by atoms with E-state index in [1.54, 1.807) is 0 Å². The van der Waals surface area contributed by atoms with E-state index in [4.69, 9.17) is 4.11 Å². The van der Waals surface area contributed by atoms with Gasteiger partial charge in [-0.15, -0.1) is 0 Å². The summed E-state index contributed by atoms with van der Waals surface area (Å²) in [6.07, 6.45) is -3.49. The lowest BCUT2D eigenvalue weighted by Gasteiger charge is -2.27. The van der Waals surface area contributed by atoms with Gasteiger partial charge in [0.25, 0.3) is 11.8 Å². The number of hydrogen-bond donors (Lipinski definition) is 1. The number of hydrogen-bond acceptors (Lipinski definition) is 4. The van der Waals surface area contributed by atoms with Crippen LogP contribution in [0.2, 0.25) is 0 Å². The molecule has 96 valence electrons. The third kappa shape index (κ3) is 1.64. The molecular weight excluding hydrogens is 248 g/mol. The van der Waals surface area contributed by atoms with Crippen molar-refractivity contribution in [2.24, 2.45) is 0 Å². The van der Waals surface area contributed by atoms with Crippen molar-refractivity contribution in [3.8, 4) is 0 Å². The van der Waals surface area contributed by atoms with Crippen molar-refractivity contribution in [3.05, 3.63) is 35.4 Å². The third-order valence-corrected chi connectivity index (χ3v) is 2.90. The fraction of sp³-hybridized carbons (Fsp3) is 0.231. The minimum absolute atomic E-state index is 0.000347. The maximum absolute atomic E-state index is 12.4. The van der Waals surface area contributed by atoms with Crippen LogP contribution < -0.4 is 5.32 Å². The highest BCUT2D eigenvalue weighted by Gasteiger charge is 2.44. The second kappa shape index (κ2) is 4.01. The van der Waals surface area contributed by atoms with Crippen molar-refractivity contribution in [1.82, 2.24) is 10.2 Å². The van der Waals surface area contributed by atoms with Gasteiger partial charge in [-0.05, 0) is 18.5 Å². The first-order valence-electron chi connectivity index (χ1n) is 7.02. The number of fused-ring (bicyclic) bond motifs is 1. The van der Waals surface area contributed by atoms with Crippen molar-refractivity contribution in [2.45, 2.75) is 18.8 Å². The predicted molar refractivity (Wildman–Crippen MR) is 63.1 cm³/mol. The van der Waals surface area contributed by atoms with Crippen molar-refractivity contribution < 1.29 is 23.3 Å². The van der Waals surface area contributed by atoms with Crippen LogP contribution in [0.5, 0.6) is 0 Å². The molecule has 0 spiro atoms. The van der Waals surface area contributed by atoms with Gasteiger partial charge >= 0.3 is 0 Å². The Labute approximate surface area is 112 Å². The molecule has 0 bridgehead atoms. The Morgan fingerprint density at radius 3 is 2.26 bits per heavy atom. The topological polar surface area (TPSA) is 83.6 Å². The van der Waals surface area contributed by atoms with Gasteiger partial charge in [-0.3, -0.25) is 29.4 Å². The summed E-state index contributed by atoms with van der Waals surface area (Å²) in [7, 11) is 0. The van der Waals surface area contributed by atoms with Crippen LogP contribution in [0.1, 0.15) is 37.6 Å². The lowest BCUT2D eigenvalue weighted by Crippen LogP contribution is -2.54. The van der Waals surface area contributed by atoms with Crippen molar-refractivity contribution in [3.63, 3.8) is 0 Å². The first-order chi connectivity index (χ1) is 10.2. The van der Waals surface area contributed by atoms with E-state index >= 15 is 0 Å². The Bertz CT molecular complexity index is 714. The fourth-order valence-corrected chi connectivity index (χ4v) is 2.05. The Balaban J connectivity index is 2.15. The molecular formula is C13H10N2O4. The van der Waals surface area contributed by atoms with E-state index in [1.807, 2.05) is 5.32 Å². The second-order valence-corrected chi connectivity index (χ2v) is 4.07. The van der Waals surface area contributed by atoms with Gasteiger partial charge in [0.1, 0.15) is 6.02 Å². The molecule has 0 radical (unpaired) electrons. The highest BCUT2D eigenvalue weighted by atomic mass is 16.2. The molecule has 1 atom stereocenters. The number of piperidine rings is 1. The summed E-state index contributed by atoms with van der Waals surface area (Å²) < 4.78 is 23.9. The number of amides is 4. The highest BCUT2D eigenvalue weighted by Crippen LogP contribution is 2.26. The number of carbonyl (C=O) groups excluding carboxylic acids is 4. The lowest BCUT2D eigenvalue weighted by molar-refractivity contribution is -0.136. The molecule has 0 saturated carbocycles. The number of carbonyl (C=O) groups is 4. The van der Waals surface area contributed by atoms with Crippen LogP contribution in [0.4, 0.5) is 0 Å². The summed E-state index contributed by atoms with van der Waals surface area (Å²) in [4.78, 5) is 48.4. The molecule has 4 amide bonds. The Kier molecular flexibility index (Phi) is 1.81. The minimum Gasteiger partial charge on any atom is -0.295 e. The zero-order chi connectivity index (χ0) is 16.3. The summed E-state index contributed by atoms with van der Waals surface area (Å²) in [5.41, 5.74) is -0.000694. The lowest BCUT2D eigenvalue weighted by atomic mass is 10.0. The monoisotopic (exact) mass is 261 g/mol. The fourth-order valence-electron chi connectivity index (χ4n) is 2.05. The molecule has 1 fully saturated rings. The molecule has 1 aromatic rings. The number of imide groups is 2. The summed E-state index contributed by atoms with van der Waals surface area (Å²) >= 11 is 0. The van der Waals surface area contributed by atoms with Crippen LogP contribution in [-0.2, 0) is 9.59 Å². The van der Waals surface area contributed by atoms with Crippen LogP contribution in [0.25, 0.3) is 0 Å². The summed E-state index contributed by atoms with van der Waals surface area (Å²) in [5.74, 6) is -4.08. The molecule has 6 nitrogen and oxygen atoms in total. The van der Waals surface area contributed by atoms with Crippen LogP contribution in [0.3, 0.4) is 0 Å². The van der Waals surface area contributed by atoms with E-state index in [0.29, 0.717) is 4.90 Å². The zero-order valence-corrected chi connectivity index (χ0v) is 9.60. The third-order valence-electron chi connectivity index (χ3n) is 2.90. The SMILES string of the molecule is [2H]C1([2H])CC(=O)NC(=O)[C@]1([2H])N1C(=O)c2ccccc2C1=O. The van der Waals surface area contributed by atoms with Crippen LogP contribution in [0, 0.1) is 0 Å². The number of benzene rings is 1. The van der Waals surface area contributed by atoms with E-state index < -0.39 is 42.4 Å². The van der Waals surface area contributed by atoms with Gasteiger partial charge in [0.05, 0.1) is 12.5 Å². The molecule has 3 rings (SSSR count). The van der Waals surface area contributed by atoms with Gasteiger partial charge in [0, 0.05) is 9.16 Å². The van der Waals surface area contributed by atoms with Gasteiger partial charge < -0.3 is 0 Å². The minimum atomic E-state index is -2.84.